The van der Waals surface area contributed by atoms with Crippen LogP contribution in [0.15, 0.2) is 55.1 Å². The molecule has 0 N–H and O–H groups in total. The molecule has 2 unspecified atom stereocenters. The van der Waals surface area contributed by atoms with Gasteiger partial charge in [-0.15, -0.1) is 6.58 Å². The molecule has 2 atom stereocenters. The van der Waals surface area contributed by atoms with Crippen molar-refractivity contribution in [1.82, 2.24) is 0 Å². The molecule has 1 aliphatic carbocycles. The summed E-state index contributed by atoms with van der Waals surface area (Å²) in [6, 6.07) is 8.98. The minimum atomic E-state index is 0.140. The zero-order valence-electron chi connectivity index (χ0n) is 14.5. The summed E-state index contributed by atoms with van der Waals surface area (Å²) < 4.78 is 0. The monoisotopic (exact) mass is 294 g/mol. The predicted molar refractivity (Wildman–Crippen MR) is 99.0 cm³/mol. The van der Waals surface area contributed by atoms with Gasteiger partial charge in [-0.05, 0) is 60.8 Å². The number of allylic oxidation sites excluding steroid dienone is 4. The highest BCUT2D eigenvalue weighted by molar-refractivity contribution is 5.81. The Morgan fingerprint density at radius 2 is 1.95 bits per heavy atom. The molecule has 0 heterocycles. The van der Waals surface area contributed by atoms with Crippen LogP contribution in [0.25, 0.3) is 5.57 Å². The average molecular weight is 294 g/mol. The molecular formula is C22H30. The van der Waals surface area contributed by atoms with Crippen molar-refractivity contribution < 1.29 is 0 Å². The summed E-state index contributed by atoms with van der Waals surface area (Å²) in [5.74, 6) is 0.633. The van der Waals surface area contributed by atoms with Crippen LogP contribution in [0.1, 0.15) is 64.0 Å². The largest absolute Gasteiger partial charge is 0.103 e. The van der Waals surface area contributed by atoms with Crippen LogP contribution in [0, 0.1) is 5.92 Å². The van der Waals surface area contributed by atoms with E-state index in [0.717, 1.165) is 6.42 Å². The molecule has 0 heteroatoms. The normalized spacial score (nSPS) is 21.6. The fraction of sp³-hybridized carbons (Fsp3) is 0.455. The van der Waals surface area contributed by atoms with E-state index in [2.05, 4.69) is 64.3 Å². The molecule has 0 radical (unpaired) electrons. The molecule has 0 bridgehead atoms. The number of benzene rings is 1. The van der Waals surface area contributed by atoms with Crippen LogP contribution in [0.4, 0.5) is 0 Å². The smallest absolute Gasteiger partial charge is 0.0237 e. The van der Waals surface area contributed by atoms with Gasteiger partial charge in [-0.1, -0.05) is 63.3 Å². The van der Waals surface area contributed by atoms with Gasteiger partial charge in [0.25, 0.3) is 0 Å². The quantitative estimate of drug-likeness (QED) is 0.370. The number of rotatable bonds is 8. The van der Waals surface area contributed by atoms with E-state index in [1.807, 2.05) is 6.08 Å². The number of hydrogen-bond donors (Lipinski definition) is 0. The second-order valence-electron chi connectivity index (χ2n) is 6.63. The number of unbranched alkanes of at least 4 members (excludes halogenated alkanes) is 1. The highest BCUT2D eigenvalue weighted by atomic mass is 14.5. The Balaban J connectivity index is 2.58. The van der Waals surface area contributed by atoms with E-state index in [1.54, 1.807) is 0 Å². The SMILES string of the molecule is C=CCCCC1(C(C)CCC)C(C=C)=C(C)c2ccccc21. The molecule has 0 spiro atoms. The van der Waals surface area contributed by atoms with Crippen molar-refractivity contribution in [3.63, 3.8) is 0 Å². The molecule has 1 aromatic carbocycles. The molecular weight excluding hydrogens is 264 g/mol. The van der Waals surface area contributed by atoms with Gasteiger partial charge in [-0.25, -0.2) is 0 Å². The first-order valence-electron chi connectivity index (χ1n) is 8.68. The zero-order valence-corrected chi connectivity index (χ0v) is 14.5. The minimum Gasteiger partial charge on any atom is -0.103 e. The van der Waals surface area contributed by atoms with Crippen LogP contribution < -0.4 is 0 Å². The molecule has 1 aliphatic rings. The van der Waals surface area contributed by atoms with E-state index in [-0.39, 0.29) is 5.41 Å². The van der Waals surface area contributed by atoms with Crippen molar-refractivity contribution in [2.45, 2.75) is 58.3 Å². The Kier molecular flexibility index (Phi) is 5.45. The highest BCUT2D eigenvalue weighted by Crippen LogP contribution is 2.54. The highest BCUT2D eigenvalue weighted by Gasteiger charge is 2.45. The third-order valence-electron chi connectivity index (χ3n) is 5.44. The van der Waals surface area contributed by atoms with E-state index in [9.17, 15) is 0 Å². The lowest BCUT2D eigenvalue weighted by atomic mass is 9.64. The Hall–Kier alpha value is -1.56. The van der Waals surface area contributed by atoms with E-state index >= 15 is 0 Å². The van der Waals surface area contributed by atoms with Crippen LogP contribution in [0.5, 0.6) is 0 Å². The molecule has 0 amide bonds. The molecule has 0 nitrogen and oxygen atoms in total. The topological polar surface area (TPSA) is 0 Å². The average Bonchev–Trinajstić information content (AvgIpc) is 2.78. The summed E-state index contributed by atoms with van der Waals surface area (Å²) in [6.07, 6.45) is 10.1. The van der Waals surface area contributed by atoms with E-state index < -0.39 is 0 Å². The van der Waals surface area contributed by atoms with Crippen LogP contribution in [0.2, 0.25) is 0 Å². The summed E-state index contributed by atoms with van der Waals surface area (Å²) in [4.78, 5) is 0. The molecule has 0 aliphatic heterocycles. The first kappa shape index (κ1) is 16.8. The van der Waals surface area contributed by atoms with Gasteiger partial charge in [-0.3, -0.25) is 0 Å². The Bertz CT molecular complexity index is 575. The maximum Gasteiger partial charge on any atom is 0.0237 e. The maximum absolute atomic E-state index is 4.16. The summed E-state index contributed by atoms with van der Waals surface area (Å²) in [5.41, 5.74) is 5.97. The summed E-state index contributed by atoms with van der Waals surface area (Å²) in [5, 5.41) is 0. The molecule has 2 rings (SSSR count). The molecule has 0 aromatic heterocycles. The van der Waals surface area contributed by atoms with Gasteiger partial charge in [0.15, 0.2) is 0 Å². The van der Waals surface area contributed by atoms with Crippen molar-refractivity contribution in [1.29, 1.82) is 0 Å². The van der Waals surface area contributed by atoms with Crippen molar-refractivity contribution >= 4 is 5.57 Å². The second kappa shape index (κ2) is 7.13. The Morgan fingerprint density at radius 3 is 2.59 bits per heavy atom. The van der Waals surface area contributed by atoms with E-state index in [1.165, 1.54) is 48.0 Å². The molecule has 1 aromatic rings. The Morgan fingerprint density at radius 1 is 1.23 bits per heavy atom. The maximum atomic E-state index is 4.16. The van der Waals surface area contributed by atoms with Crippen LogP contribution in [0.3, 0.4) is 0 Å². The minimum absolute atomic E-state index is 0.140. The lowest BCUT2D eigenvalue weighted by Crippen LogP contribution is -2.34. The molecule has 0 fully saturated rings. The van der Waals surface area contributed by atoms with Gasteiger partial charge in [0.05, 0.1) is 0 Å². The van der Waals surface area contributed by atoms with Crippen molar-refractivity contribution in [3.8, 4) is 0 Å². The zero-order chi connectivity index (χ0) is 16.2. The van der Waals surface area contributed by atoms with Crippen LogP contribution in [-0.2, 0) is 5.41 Å². The first-order chi connectivity index (χ1) is 10.6. The summed E-state index contributed by atoms with van der Waals surface area (Å²) >= 11 is 0. The summed E-state index contributed by atoms with van der Waals surface area (Å²) in [6.45, 7) is 15.0. The molecule has 118 valence electrons. The third kappa shape index (κ3) is 2.60. The lowest BCUT2D eigenvalue weighted by Gasteiger charge is -2.39. The van der Waals surface area contributed by atoms with Crippen molar-refractivity contribution in [3.05, 3.63) is 66.3 Å². The fourth-order valence-corrected chi connectivity index (χ4v) is 4.41. The first-order valence-corrected chi connectivity index (χ1v) is 8.68. The van der Waals surface area contributed by atoms with Gasteiger partial charge in [0.2, 0.25) is 0 Å². The van der Waals surface area contributed by atoms with Crippen LogP contribution in [-0.4, -0.2) is 0 Å². The fourth-order valence-electron chi connectivity index (χ4n) is 4.41. The number of hydrogen-bond acceptors (Lipinski definition) is 0. The van der Waals surface area contributed by atoms with Gasteiger partial charge in [-0.2, -0.15) is 0 Å². The summed E-state index contributed by atoms with van der Waals surface area (Å²) in [7, 11) is 0. The van der Waals surface area contributed by atoms with Crippen LogP contribution >= 0.6 is 0 Å². The van der Waals surface area contributed by atoms with Crippen molar-refractivity contribution in [2.24, 2.45) is 5.92 Å². The number of fused-ring (bicyclic) bond motifs is 1. The molecule has 0 saturated carbocycles. The van der Waals surface area contributed by atoms with Gasteiger partial charge < -0.3 is 0 Å². The van der Waals surface area contributed by atoms with Gasteiger partial charge in [0.1, 0.15) is 0 Å². The predicted octanol–water partition coefficient (Wildman–Crippen LogP) is 6.69. The van der Waals surface area contributed by atoms with Gasteiger partial charge >= 0.3 is 0 Å². The molecule has 0 saturated heterocycles. The lowest BCUT2D eigenvalue weighted by molar-refractivity contribution is 0.300. The van der Waals surface area contributed by atoms with Crippen molar-refractivity contribution in [2.75, 3.05) is 0 Å². The van der Waals surface area contributed by atoms with E-state index in [0.29, 0.717) is 5.92 Å². The van der Waals surface area contributed by atoms with Gasteiger partial charge in [0, 0.05) is 5.41 Å². The second-order valence-corrected chi connectivity index (χ2v) is 6.63. The third-order valence-corrected chi connectivity index (χ3v) is 5.44. The standard InChI is InChI=1S/C22H30/c1-6-9-12-16-22(17(4)13-7-2)20(8-3)18(5)19-14-10-11-15-21(19)22/h6,8,10-11,14-15,17H,1,3,7,9,12-13,16H2,2,4-5H3. The Labute approximate surface area is 136 Å². The van der Waals surface area contributed by atoms with E-state index in [4.69, 9.17) is 0 Å². The molecule has 22 heavy (non-hydrogen) atoms.